The fourth-order valence-corrected chi connectivity index (χ4v) is 4.45. The molecule has 0 bridgehead atoms. The van der Waals surface area contributed by atoms with Crippen molar-refractivity contribution in [1.82, 2.24) is 15.1 Å². The van der Waals surface area contributed by atoms with Gasteiger partial charge in [-0.2, -0.15) is 0 Å². The first-order chi connectivity index (χ1) is 15.6. The van der Waals surface area contributed by atoms with E-state index in [1.807, 2.05) is 18.2 Å². The van der Waals surface area contributed by atoms with Gasteiger partial charge in [-0.3, -0.25) is 9.69 Å². The molecule has 168 valence electrons. The number of hydrogen-bond donors (Lipinski definition) is 1. The number of ether oxygens (including phenoxy) is 1. The molecule has 0 saturated carbocycles. The van der Waals surface area contributed by atoms with Crippen molar-refractivity contribution in [3.8, 4) is 5.75 Å². The summed E-state index contributed by atoms with van der Waals surface area (Å²) >= 11 is 0. The Kier molecular flexibility index (Phi) is 7.40. The van der Waals surface area contributed by atoms with Crippen molar-refractivity contribution in [1.29, 1.82) is 0 Å². The van der Waals surface area contributed by atoms with Gasteiger partial charge in [0.1, 0.15) is 5.75 Å². The van der Waals surface area contributed by atoms with Crippen LogP contribution in [0.4, 0.5) is 0 Å². The van der Waals surface area contributed by atoms with E-state index < -0.39 is 0 Å². The van der Waals surface area contributed by atoms with Crippen LogP contribution in [0.3, 0.4) is 0 Å². The molecule has 0 aliphatic carbocycles. The van der Waals surface area contributed by atoms with Crippen LogP contribution < -0.4 is 10.1 Å². The number of nitrogens with one attached hydrogen (secondary N) is 1. The molecule has 1 N–H and O–H groups in total. The van der Waals surface area contributed by atoms with E-state index in [1.165, 1.54) is 21.9 Å². The maximum Gasteiger partial charge on any atom is 0.234 e. The van der Waals surface area contributed by atoms with Crippen LogP contribution in [0.15, 0.2) is 66.7 Å². The molecule has 3 aromatic carbocycles. The molecule has 0 radical (unpaired) electrons. The van der Waals surface area contributed by atoms with E-state index in [0.717, 1.165) is 44.9 Å². The maximum atomic E-state index is 12.7. The van der Waals surface area contributed by atoms with Gasteiger partial charge in [-0.05, 0) is 47.4 Å². The average molecular weight is 432 g/mol. The fraction of sp³-hybridized carbons (Fsp3) is 0.370. The Morgan fingerprint density at radius 1 is 0.938 bits per heavy atom. The third-order valence-electron chi connectivity index (χ3n) is 6.38. The zero-order chi connectivity index (χ0) is 22.3. The smallest absolute Gasteiger partial charge is 0.234 e. The predicted octanol–water partition coefficient (Wildman–Crippen LogP) is 3.89. The van der Waals surface area contributed by atoms with E-state index in [2.05, 4.69) is 70.6 Å². The van der Waals surface area contributed by atoms with Gasteiger partial charge < -0.3 is 15.0 Å². The lowest BCUT2D eigenvalue weighted by atomic mass is 10.00. The number of hydrogen-bond acceptors (Lipinski definition) is 4. The molecule has 5 heteroatoms. The van der Waals surface area contributed by atoms with Crippen LogP contribution >= 0.6 is 0 Å². The lowest BCUT2D eigenvalue weighted by Crippen LogP contribution is -2.50. The summed E-state index contributed by atoms with van der Waals surface area (Å²) in [5, 5.41) is 5.61. The fourth-order valence-electron chi connectivity index (χ4n) is 4.45. The van der Waals surface area contributed by atoms with Crippen LogP contribution in [0.1, 0.15) is 24.1 Å². The van der Waals surface area contributed by atoms with Crippen molar-refractivity contribution in [3.05, 3.63) is 77.9 Å². The van der Waals surface area contributed by atoms with Gasteiger partial charge >= 0.3 is 0 Å². The molecule has 32 heavy (non-hydrogen) atoms. The quantitative estimate of drug-likeness (QED) is 0.588. The highest BCUT2D eigenvalue weighted by molar-refractivity contribution is 5.87. The minimum atomic E-state index is -0.0145. The Balaban J connectivity index is 1.22. The molecule has 1 atom stereocenters. The van der Waals surface area contributed by atoms with Gasteiger partial charge in [0.25, 0.3) is 0 Å². The molecule has 0 spiro atoms. The number of rotatable bonds is 8. The maximum absolute atomic E-state index is 12.7. The van der Waals surface area contributed by atoms with E-state index in [-0.39, 0.29) is 11.9 Å². The predicted molar refractivity (Wildman–Crippen MR) is 130 cm³/mol. The molecule has 5 nitrogen and oxygen atoms in total. The summed E-state index contributed by atoms with van der Waals surface area (Å²) in [5.74, 6) is 0.993. The summed E-state index contributed by atoms with van der Waals surface area (Å²) in [6, 6.07) is 22.9. The topological polar surface area (TPSA) is 44.8 Å². The van der Waals surface area contributed by atoms with Crippen molar-refractivity contribution in [2.75, 3.05) is 46.4 Å². The zero-order valence-electron chi connectivity index (χ0n) is 19.1. The highest BCUT2D eigenvalue weighted by atomic mass is 16.5. The van der Waals surface area contributed by atoms with E-state index >= 15 is 0 Å². The third-order valence-corrected chi connectivity index (χ3v) is 6.38. The van der Waals surface area contributed by atoms with Gasteiger partial charge in [-0.25, -0.2) is 0 Å². The zero-order valence-corrected chi connectivity index (χ0v) is 19.1. The highest BCUT2D eigenvalue weighted by Gasteiger charge is 2.20. The second-order valence-electron chi connectivity index (χ2n) is 8.57. The summed E-state index contributed by atoms with van der Waals surface area (Å²) < 4.78 is 5.23. The first kappa shape index (κ1) is 22.3. The second-order valence-corrected chi connectivity index (χ2v) is 8.57. The van der Waals surface area contributed by atoms with E-state index in [9.17, 15) is 4.79 Å². The minimum absolute atomic E-state index is 0.0145. The lowest BCUT2D eigenvalue weighted by molar-refractivity contribution is -0.123. The number of nitrogens with zero attached hydrogens (tertiary/aromatic N) is 2. The Morgan fingerprint density at radius 3 is 2.38 bits per heavy atom. The van der Waals surface area contributed by atoms with Crippen LogP contribution in [0.2, 0.25) is 0 Å². The molecule has 1 fully saturated rings. The average Bonchev–Trinajstić information content (AvgIpc) is 2.83. The minimum Gasteiger partial charge on any atom is -0.497 e. The molecule has 4 rings (SSSR count). The number of benzene rings is 3. The third kappa shape index (κ3) is 5.67. The van der Waals surface area contributed by atoms with Crippen molar-refractivity contribution >= 4 is 16.7 Å². The van der Waals surface area contributed by atoms with E-state index in [0.29, 0.717) is 6.54 Å². The Bertz CT molecular complexity index is 1020. The van der Waals surface area contributed by atoms with Crippen molar-refractivity contribution in [3.63, 3.8) is 0 Å². The first-order valence-electron chi connectivity index (χ1n) is 11.5. The molecule has 1 heterocycles. The van der Waals surface area contributed by atoms with Crippen LogP contribution in [0.25, 0.3) is 10.8 Å². The number of methoxy groups -OCH3 is 1. The summed E-state index contributed by atoms with van der Waals surface area (Å²) in [6.45, 7) is 7.44. The Morgan fingerprint density at radius 2 is 1.62 bits per heavy atom. The monoisotopic (exact) mass is 431 g/mol. The second kappa shape index (κ2) is 10.6. The lowest BCUT2D eigenvalue weighted by Gasteiger charge is -2.34. The molecular formula is C27H33N3O2. The SMILES string of the molecule is COc1ccc(CCN2CCN(CC(=O)NC(C)c3cccc4ccccc34)CC2)cc1. The summed E-state index contributed by atoms with van der Waals surface area (Å²) in [6.07, 6.45) is 1.03. The van der Waals surface area contributed by atoms with Gasteiger partial charge in [-0.15, -0.1) is 0 Å². The van der Waals surface area contributed by atoms with Crippen LogP contribution in [0.5, 0.6) is 5.75 Å². The number of fused-ring (bicyclic) bond motifs is 1. The summed E-state index contributed by atoms with van der Waals surface area (Å²) in [5.41, 5.74) is 2.50. The summed E-state index contributed by atoms with van der Waals surface area (Å²) in [4.78, 5) is 17.4. The van der Waals surface area contributed by atoms with Crippen molar-refractivity contribution < 1.29 is 9.53 Å². The van der Waals surface area contributed by atoms with Gasteiger partial charge in [0.15, 0.2) is 0 Å². The summed E-state index contributed by atoms with van der Waals surface area (Å²) in [7, 11) is 1.69. The molecule has 1 amide bonds. The van der Waals surface area contributed by atoms with Gasteiger partial charge in [0.2, 0.25) is 5.91 Å². The largest absolute Gasteiger partial charge is 0.497 e. The van der Waals surface area contributed by atoms with Crippen molar-refractivity contribution in [2.24, 2.45) is 0 Å². The molecule has 3 aromatic rings. The van der Waals surface area contributed by atoms with Gasteiger partial charge in [0, 0.05) is 32.7 Å². The van der Waals surface area contributed by atoms with Crippen LogP contribution in [-0.2, 0) is 11.2 Å². The highest BCUT2D eigenvalue weighted by Crippen LogP contribution is 2.24. The van der Waals surface area contributed by atoms with E-state index in [1.54, 1.807) is 7.11 Å². The molecule has 1 saturated heterocycles. The van der Waals surface area contributed by atoms with Gasteiger partial charge in [-0.1, -0.05) is 54.6 Å². The standard InChI is InChI=1S/C27H33N3O2/c1-21(25-9-5-7-23-6-3-4-8-26(23)25)28-27(31)20-30-18-16-29(17-19-30)15-14-22-10-12-24(32-2)13-11-22/h3-13,21H,14-20H2,1-2H3,(H,28,31). The normalized spacial score (nSPS) is 16.1. The number of carbonyl (C=O) groups excluding carboxylic acids is 1. The van der Waals surface area contributed by atoms with Crippen LogP contribution in [0, 0.1) is 0 Å². The first-order valence-corrected chi connectivity index (χ1v) is 11.5. The Labute approximate surface area is 191 Å². The Hall–Kier alpha value is -2.89. The molecule has 1 unspecified atom stereocenters. The molecule has 1 aliphatic heterocycles. The number of carbonyl (C=O) groups is 1. The number of amides is 1. The van der Waals surface area contributed by atoms with Crippen molar-refractivity contribution in [2.45, 2.75) is 19.4 Å². The van der Waals surface area contributed by atoms with E-state index in [4.69, 9.17) is 4.74 Å². The molecule has 1 aliphatic rings. The van der Waals surface area contributed by atoms with Gasteiger partial charge in [0.05, 0.1) is 19.7 Å². The molecular weight excluding hydrogens is 398 g/mol. The molecule has 0 aromatic heterocycles. The number of piperazine rings is 1. The van der Waals surface area contributed by atoms with Crippen LogP contribution in [-0.4, -0.2) is 62.1 Å².